The van der Waals surface area contributed by atoms with Crippen LogP contribution in [0.1, 0.15) is 27.2 Å². The van der Waals surface area contributed by atoms with Crippen LogP contribution in [-0.4, -0.2) is 18.2 Å². The van der Waals surface area contributed by atoms with Gasteiger partial charge in [-0.2, -0.15) is 0 Å². The first-order chi connectivity index (χ1) is 7.95. The van der Waals surface area contributed by atoms with Crippen LogP contribution in [0.3, 0.4) is 0 Å². The molecule has 0 unspecified atom stereocenters. The summed E-state index contributed by atoms with van der Waals surface area (Å²) >= 11 is 0. The number of rotatable bonds is 5. The third-order valence-corrected chi connectivity index (χ3v) is 2.12. The Morgan fingerprint density at radius 2 is 1.88 bits per heavy atom. The van der Waals surface area contributed by atoms with E-state index in [1.807, 2.05) is 6.92 Å². The van der Waals surface area contributed by atoms with Crippen LogP contribution >= 0.6 is 0 Å². The average Bonchev–Trinajstić information content (AvgIpc) is 2.28. The standard InChI is InChI=1S/C13H17FO3/c1-4-9-16-12(15)13(2,3)17-11-7-5-10(14)6-8-11/h5-8H,4,9H2,1-3H3. The lowest BCUT2D eigenvalue weighted by Crippen LogP contribution is -2.39. The Balaban J connectivity index is 2.65. The number of esters is 1. The molecule has 0 fully saturated rings. The Kier molecular flexibility index (Phi) is 4.49. The first kappa shape index (κ1) is 13.5. The second-order valence-electron chi connectivity index (χ2n) is 4.20. The van der Waals surface area contributed by atoms with E-state index in [1.54, 1.807) is 13.8 Å². The molecule has 1 rings (SSSR count). The van der Waals surface area contributed by atoms with Gasteiger partial charge in [-0.05, 0) is 44.5 Å². The van der Waals surface area contributed by atoms with Crippen molar-refractivity contribution in [2.75, 3.05) is 6.61 Å². The number of halogens is 1. The van der Waals surface area contributed by atoms with E-state index in [9.17, 15) is 9.18 Å². The van der Waals surface area contributed by atoms with Gasteiger partial charge in [-0.25, -0.2) is 9.18 Å². The highest BCUT2D eigenvalue weighted by Gasteiger charge is 2.31. The molecule has 94 valence electrons. The molecule has 17 heavy (non-hydrogen) atoms. The van der Waals surface area contributed by atoms with Crippen molar-refractivity contribution in [2.45, 2.75) is 32.8 Å². The molecule has 0 aliphatic heterocycles. The van der Waals surface area contributed by atoms with Gasteiger partial charge in [-0.3, -0.25) is 0 Å². The maximum atomic E-state index is 12.7. The van der Waals surface area contributed by atoms with E-state index in [0.717, 1.165) is 6.42 Å². The normalized spacial score (nSPS) is 11.1. The minimum Gasteiger partial charge on any atom is -0.476 e. The Morgan fingerprint density at radius 3 is 2.41 bits per heavy atom. The van der Waals surface area contributed by atoms with Crippen LogP contribution in [0.25, 0.3) is 0 Å². The fourth-order valence-electron chi connectivity index (χ4n) is 1.21. The predicted octanol–water partition coefficient (Wildman–Crippen LogP) is 2.94. The van der Waals surface area contributed by atoms with Crippen LogP contribution in [0.2, 0.25) is 0 Å². The van der Waals surface area contributed by atoms with Gasteiger partial charge in [0.25, 0.3) is 0 Å². The lowest BCUT2D eigenvalue weighted by atomic mass is 10.1. The van der Waals surface area contributed by atoms with Crippen molar-refractivity contribution in [1.82, 2.24) is 0 Å². The molecule has 0 aliphatic rings. The number of carbonyl (C=O) groups is 1. The van der Waals surface area contributed by atoms with Gasteiger partial charge in [0.05, 0.1) is 6.61 Å². The quantitative estimate of drug-likeness (QED) is 0.742. The molecule has 0 radical (unpaired) electrons. The molecule has 0 amide bonds. The lowest BCUT2D eigenvalue weighted by Gasteiger charge is -2.24. The van der Waals surface area contributed by atoms with E-state index in [2.05, 4.69) is 0 Å². The Morgan fingerprint density at radius 1 is 1.29 bits per heavy atom. The summed E-state index contributed by atoms with van der Waals surface area (Å²) in [5, 5.41) is 0. The Bertz CT molecular complexity index is 371. The van der Waals surface area contributed by atoms with E-state index >= 15 is 0 Å². The van der Waals surface area contributed by atoms with Crippen molar-refractivity contribution in [1.29, 1.82) is 0 Å². The molecule has 0 aliphatic carbocycles. The number of benzene rings is 1. The minimum absolute atomic E-state index is 0.344. The number of hydrogen-bond acceptors (Lipinski definition) is 3. The SMILES string of the molecule is CCCOC(=O)C(C)(C)Oc1ccc(F)cc1. The lowest BCUT2D eigenvalue weighted by molar-refractivity contribution is -0.159. The molecule has 3 nitrogen and oxygen atoms in total. The van der Waals surface area contributed by atoms with Crippen molar-refractivity contribution in [3.8, 4) is 5.75 Å². The molecule has 1 aromatic carbocycles. The van der Waals surface area contributed by atoms with Crippen molar-refractivity contribution in [3.05, 3.63) is 30.1 Å². The van der Waals surface area contributed by atoms with Gasteiger partial charge in [-0.15, -0.1) is 0 Å². The van der Waals surface area contributed by atoms with Gasteiger partial charge >= 0.3 is 5.97 Å². The van der Waals surface area contributed by atoms with Crippen molar-refractivity contribution < 1.29 is 18.7 Å². The zero-order chi connectivity index (χ0) is 12.9. The van der Waals surface area contributed by atoms with Gasteiger partial charge in [0.1, 0.15) is 11.6 Å². The van der Waals surface area contributed by atoms with Crippen LogP contribution in [-0.2, 0) is 9.53 Å². The summed E-state index contributed by atoms with van der Waals surface area (Å²) in [7, 11) is 0. The van der Waals surface area contributed by atoms with Crippen molar-refractivity contribution >= 4 is 5.97 Å². The maximum Gasteiger partial charge on any atom is 0.349 e. The van der Waals surface area contributed by atoms with Crippen LogP contribution < -0.4 is 4.74 Å². The van der Waals surface area contributed by atoms with E-state index < -0.39 is 11.6 Å². The van der Waals surface area contributed by atoms with Gasteiger partial charge in [0.15, 0.2) is 5.60 Å². The fourth-order valence-corrected chi connectivity index (χ4v) is 1.21. The first-order valence-corrected chi connectivity index (χ1v) is 5.57. The molecule has 0 saturated heterocycles. The molecule has 1 aromatic rings. The Hall–Kier alpha value is -1.58. The molecular weight excluding hydrogens is 223 g/mol. The third kappa shape index (κ3) is 4.06. The third-order valence-electron chi connectivity index (χ3n) is 2.12. The minimum atomic E-state index is -1.08. The molecule has 0 atom stereocenters. The molecule has 0 heterocycles. The largest absolute Gasteiger partial charge is 0.476 e. The second kappa shape index (κ2) is 5.66. The predicted molar refractivity (Wildman–Crippen MR) is 62.4 cm³/mol. The van der Waals surface area contributed by atoms with Crippen LogP contribution in [0.4, 0.5) is 4.39 Å². The summed E-state index contributed by atoms with van der Waals surface area (Å²) in [6, 6.07) is 5.51. The van der Waals surface area contributed by atoms with E-state index in [1.165, 1.54) is 24.3 Å². The highest BCUT2D eigenvalue weighted by atomic mass is 19.1. The van der Waals surface area contributed by atoms with Gasteiger partial charge in [-0.1, -0.05) is 6.92 Å². The summed E-state index contributed by atoms with van der Waals surface area (Å²) in [4.78, 5) is 11.7. The van der Waals surface area contributed by atoms with Crippen LogP contribution in [0, 0.1) is 5.82 Å². The summed E-state index contributed by atoms with van der Waals surface area (Å²) in [6.07, 6.45) is 0.762. The second-order valence-corrected chi connectivity index (χ2v) is 4.20. The zero-order valence-corrected chi connectivity index (χ0v) is 10.3. The number of carbonyl (C=O) groups excluding carboxylic acids is 1. The monoisotopic (exact) mass is 240 g/mol. The maximum absolute atomic E-state index is 12.7. The van der Waals surface area contributed by atoms with Gasteiger partial charge < -0.3 is 9.47 Å². The zero-order valence-electron chi connectivity index (χ0n) is 10.3. The highest BCUT2D eigenvalue weighted by Crippen LogP contribution is 2.19. The number of hydrogen-bond donors (Lipinski definition) is 0. The molecule has 4 heteroatoms. The van der Waals surface area contributed by atoms with Crippen molar-refractivity contribution in [3.63, 3.8) is 0 Å². The summed E-state index contributed by atoms with van der Waals surface area (Å²) in [5.74, 6) is -0.336. The molecule has 0 bridgehead atoms. The van der Waals surface area contributed by atoms with Gasteiger partial charge in [0.2, 0.25) is 0 Å². The molecule has 0 spiro atoms. The molecule has 0 saturated carbocycles. The smallest absolute Gasteiger partial charge is 0.349 e. The number of ether oxygens (including phenoxy) is 2. The van der Waals surface area contributed by atoms with Crippen LogP contribution in [0.5, 0.6) is 5.75 Å². The molecule has 0 N–H and O–H groups in total. The topological polar surface area (TPSA) is 35.5 Å². The van der Waals surface area contributed by atoms with E-state index in [0.29, 0.717) is 12.4 Å². The highest BCUT2D eigenvalue weighted by molar-refractivity contribution is 5.79. The van der Waals surface area contributed by atoms with Crippen LogP contribution in [0.15, 0.2) is 24.3 Å². The first-order valence-electron chi connectivity index (χ1n) is 5.57. The summed E-state index contributed by atoms with van der Waals surface area (Å²) < 4.78 is 23.2. The fraction of sp³-hybridized carbons (Fsp3) is 0.462. The molecular formula is C13H17FO3. The van der Waals surface area contributed by atoms with E-state index in [-0.39, 0.29) is 5.82 Å². The van der Waals surface area contributed by atoms with E-state index in [4.69, 9.17) is 9.47 Å². The van der Waals surface area contributed by atoms with Gasteiger partial charge in [0, 0.05) is 0 Å². The molecule has 0 aromatic heterocycles. The summed E-state index contributed by atoms with van der Waals surface area (Å²) in [6.45, 7) is 5.53. The van der Waals surface area contributed by atoms with Crippen molar-refractivity contribution in [2.24, 2.45) is 0 Å². The Labute approximate surface area is 101 Å². The summed E-state index contributed by atoms with van der Waals surface area (Å²) in [5.41, 5.74) is -1.08. The average molecular weight is 240 g/mol.